The highest BCUT2D eigenvalue weighted by Gasteiger charge is 2.45. The third kappa shape index (κ3) is 2.10. The summed E-state index contributed by atoms with van der Waals surface area (Å²) in [4.78, 5) is 30.2. The Bertz CT molecular complexity index is 783. The van der Waals surface area contributed by atoms with Crippen molar-refractivity contribution in [2.75, 3.05) is 31.1 Å². The third-order valence-corrected chi connectivity index (χ3v) is 5.75. The molecule has 2 aromatic rings. The van der Waals surface area contributed by atoms with E-state index < -0.39 is 0 Å². The first-order chi connectivity index (χ1) is 11.7. The van der Waals surface area contributed by atoms with Crippen molar-refractivity contribution in [1.29, 1.82) is 0 Å². The molecule has 1 amide bonds. The number of hydrogen-bond donors (Lipinski definition) is 0. The predicted octanol–water partition coefficient (Wildman–Crippen LogP) is 1.15. The number of rotatable bonds is 3. The molecule has 2 saturated heterocycles. The van der Waals surface area contributed by atoms with Crippen molar-refractivity contribution >= 4 is 22.9 Å². The lowest BCUT2D eigenvalue weighted by molar-refractivity contribution is -0.131. The second-order valence-corrected chi connectivity index (χ2v) is 7.34. The number of aromatic nitrogens is 4. The minimum Gasteiger partial charge on any atom is -0.354 e. The highest BCUT2D eigenvalue weighted by atomic mass is 16.2. The summed E-state index contributed by atoms with van der Waals surface area (Å²) >= 11 is 0. The largest absolute Gasteiger partial charge is 0.354 e. The van der Waals surface area contributed by atoms with Crippen LogP contribution in [0.3, 0.4) is 0 Å². The molecule has 1 saturated carbocycles. The number of nitrogens with zero attached hydrogens (tertiary/aromatic N) is 6. The van der Waals surface area contributed by atoms with Crippen molar-refractivity contribution in [3.05, 3.63) is 12.7 Å². The van der Waals surface area contributed by atoms with E-state index in [9.17, 15) is 4.79 Å². The molecule has 1 aliphatic carbocycles. The maximum Gasteiger partial charge on any atom is 0.225 e. The third-order valence-electron chi connectivity index (χ3n) is 5.75. The molecule has 0 radical (unpaired) electrons. The van der Waals surface area contributed by atoms with E-state index in [0.29, 0.717) is 23.7 Å². The van der Waals surface area contributed by atoms with E-state index in [1.54, 1.807) is 6.33 Å². The first-order valence-electron chi connectivity index (χ1n) is 8.94. The molecule has 4 heterocycles. The van der Waals surface area contributed by atoms with Crippen molar-refractivity contribution < 1.29 is 4.79 Å². The molecule has 0 spiro atoms. The maximum atomic E-state index is 12.3. The summed E-state index contributed by atoms with van der Waals surface area (Å²) in [6, 6.07) is 0. The molecule has 0 N–H and O–H groups in total. The summed E-state index contributed by atoms with van der Waals surface area (Å²) in [5.41, 5.74) is 1.80. The van der Waals surface area contributed by atoms with Crippen LogP contribution < -0.4 is 4.90 Å². The fourth-order valence-corrected chi connectivity index (χ4v) is 4.27. The van der Waals surface area contributed by atoms with E-state index in [1.807, 2.05) is 10.9 Å². The number of fused-ring (bicyclic) bond motifs is 2. The summed E-state index contributed by atoms with van der Waals surface area (Å²) in [7, 11) is 0. The number of imidazole rings is 1. The van der Waals surface area contributed by atoms with E-state index in [2.05, 4.69) is 31.7 Å². The van der Waals surface area contributed by atoms with Crippen molar-refractivity contribution in [2.45, 2.75) is 26.3 Å². The highest BCUT2D eigenvalue weighted by molar-refractivity contribution is 5.84. The molecule has 3 aliphatic rings. The number of carbonyl (C=O) groups excluding carboxylic acids is 1. The van der Waals surface area contributed by atoms with Crippen molar-refractivity contribution in [3.8, 4) is 0 Å². The molecule has 2 unspecified atom stereocenters. The maximum absolute atomic E-state index is 12.3. The minimum atomic E-state index is 0.333. The van der Waals surface area contributed by atoms with Crippen LogP contribution in [-0.4, -0.2) is 56.5 Å². The zero-order valence-electron chi connectivity index (χ0n) is 13.9. The fraction of sp³-hybridized carbons (Fsp3) is 0.647. The lowest BCUT2D eigenvalue weighted by atomic mass is 10.0. The molecule has 5 rings (SSSR count). The Kier molecular flexibility index (Phi) is 3.05. The molecule has 3 fully saturated rings. The molecular formula is C17H22N6O. The van der Waals surface area contributed by atoms with Gasteiger partial charge in [0, 0.05) is 50.5 Å². The molecule has 2 atom stereocenters. The number of carbonyl (C=O) groups is 1. The predicted molar refractivity (Wildman–Crippen MR) is 89.5 cm³/mol. The van der Waals surface area contributed by atoms with E-state index in [4.69, 9.17) is 0 Å². The number of hydrogen-bond acceptors (Lipinski definition) is 5. The van der Waals surface area contributed by atoms with Gasteiger partial charge in [-0.3, -0.25) is 4.79 Å². The lowest BCUT2D eigenvalue weighted by Gasteiger charge is -2.22. The molecule has 7 nitrogen and oxygen atoms in total. The summed E-state index contributed by atoms with van der Waals surface area (Å²) in [5.74, 6) is 2.79. The molecule has 2 aromatic heterocycles. The topological polar surface area (TPSA) is 67.2 Å². The number of anilines is 1. The zero-order chi connectivity index (χ0) is 16.3. The highest BCUT2D eigenvalue weighted by Crippen LogP contribution is 2.38. The van der Waals surface area contributed by atoms with Gasteiger partial charge in [0.05, 0.1) is 6.33 Å². The fourth-order valence-electron chi connectivity index (χ4n) is 4.27. The zero-order valence-corrected chi connectivity index (χ0v) is 13.9. The van der Waals surface area contributed by atoms with Crippen LogP contribution in [0.4, 0.5) is 5.82 Å². The first-order valence-corrected chi connectivity index (χ1v) is 8.94. The standard InChI is InChI=1S/C17H22N6O/c1-2-21-10-20-14-15(21)18-9-19-16(14)22-5-12-7-23(8-13(12)6-22)17(24)11-3-4-11/h9-13H,2-8H2,1H3. The quantitative estimate of drug-likeness (QED) is 0.846. The Morgan fingerprint density at radius 3 is 2.54 bits per heavy atom. The van der Waals surface area contributed by atoms with Crippen molar-refractivity contribution in [1.82, 2.24) is 24.4 Å². The smallest absolute Gasteiger partial charge is 0.225 e. The van der Waals surface area contributed by atoms with Gasteiger partial charge in [-0.25, -0.2) is 15.0 Å². The van der Waals surface area contributed by atoms with Gasteiger partial charge in [-0.1, -0.05) is 0 Å². The summed E-state index contributed by atoms with van der Waals surface area (Å²) in [6.45, 7) is 6.70. The van der Waals surface area contributed by atoms with Gasteiger partial charge in [-0.15, -0.1) is 0 Å². The lowest BCUT2D eigenvalue weighted by Crippen LogP contribution is -2.34. The number of amides is 1. The van der Waals surface area contributed by atoms with Crippen LogP contribution in [0.1, 0.15) is 19.8 Å². The minimum absolute atomic E-state index is 0.333. The molecule has 24 heavy (non-hydrogen) atoms. The Balaban J connectivity index is 1.36. The second kappa shape index (κ2) is 5.16. The van der Waals surface area contributed by atoms with Gasteiger partial charge in [0.25, 0.3) is 0 Å². The van der Waals surface area contributed by atoms with Gasteiger partial charge in [0.15, 0.2) is 17.0 Å². The van der Waals surface area contributed by atoms with Crippen LogP contribution in [-0.2, 0) is 11.3 Å². The van der Waals surface area contributed by atoms with Crippen LogP contribution in [0, 0.1) is 17.8 Å². The Morgan fingerprint density at radius 1 is 1.12 bits per heavy atom. The van der Waals surface area contributed by atoms with E-state index in [-0.39, 0.29) is 0 Å². The van der Waals surface area contributed by atoms with Crippen molar-refractivity contribution in [2.24, 2.45) is 17.8 Å². The molecular weight excluding hydrogens is 304 g/mol. The summed E-state index contributed by atoms with van der Waals surface area (Å²) in [5, 5.41) is 0. The van der Waals surface area contributed by atoms with Crippen LogP contribution in [0.15, 0.2) is 12.7 Å². The molecule has 2 aliphatic heterocycles. The molecule has 126 valence electrons. The van der Waals surface area contributed by atoms with Crippen LogP contribution in [0.25, 0.3) is 11.2 Å². The van der Waals surface area contributed by atoms with Gasteiger partial charge >= 0.3 is 0 Å². The van der Waals surface area contributed by atoms with Gasteiger partial charge in [0.2, 0.25) is 5.91 Å². The summed E-state index contributed by atoms with van der Waals surface area (Å²) in [6.07, 6.45) is 5.67. The Hall–Kier alpha value is -2.18. The molecule has 7 heteroatoms. The Labute approximate surface area is 140 Å². The van der Waals surface area contributed by atoms with Gasteiger partial charge in [0.1, 0.15) is 6.33 Å². The normalized spacial score (nSPS) is 26.4. The second-order valence-electron chi connectivity index (χ2n) is 7.34. The van der Waals surface area contributed by atoms with Crippen LogP contribution in [0.2, 0.25) is 0 Å². The Morgan fingerprint density at radius 2 is 1.88 bits per heavy atom. The first kappa shape index (κ1) is 14.2. The summed E-state index contributed by atoms with van der Waals surface area (Å²) < 4.78 is 2.05. The molecule has 0 bridgehead atoms. The average molecular weight is 326 g/mol. The van der Waals surface area contributed by atoms with Crippen LogP contribution in [0.5, 0.6) is 0 Å². The monoisotopic (exact) mass is 326 g/mol. The molecule has 0 aromatic carbocycles. The van der Waals surface area contributed by atoms with Gasteiger partial charge < -0.3 is 14.4 Å². The van der Waals surface area contributed by atoms with Gasteiger partial charge in [-0.05, 0) is 19.8 Å². The van der Waals surface area contributed by atoms with Crippen molar-refractivity contribution in [3.63, 3.8) is 0 Å². The SMILES string of the molecule is CCn1cnc2c(N3CC4CN(C(=O)C5CC5)CC4C3)ncnc21. The average Bonchev–Trinajstić information content (AvgIpc) is 3.06. The van der Waals surface area contributed by atoms with E-state index in [0.717, 1.165) is 62.5 Å². The van der Waals surface area contributed by atoms with E-state index >= 15 is 0 Å². The van der Waals surface area contributed by atoms with Crippen LogP contribution >= 0.6 is 0 Å². The number of aryl methyl sites for hydroxylation is 1. The van der Waals surface area contributed by atoms with E-state index in [1.165, 1.54) is 0 Å². The number of likely N-dealkylation sites (tertiary alicyclic amines) is 1. The van der Waals surface area contributed by atoms with Gasteiger partial charge in [-0.2, -0.15) is 0 Å².